The van der Waals surface area contributed by atoms with Crippen LogP contribution in [0, 0.1) is 0 Å². The average Bonchev–Trinajstić information content (AvgIpc) is 3.00. The zero-order valence-corrected chi connectivity index (χ0v) is 25.7. The van der Waals surface area contributed by atoms with Crippen LogP contribution in [0.15, 0.2) is 24.3 Å². The maximum absolute atomic E-state index is 14.0. The number of amides is 2. The first-order valence-corrected chi connectivity index (χ1v) is 16.1. The predicted octanol–water partition coefficient (Wildman–Crippen LogP) is 4.47. The minimum atomic E-state index is -4.46. The second-order valence-corrected chi connectivity index (χ2v) is 13.0. The van der Waals surface area contributed by atoms with E-state index in [0.29, 0.717) is 13.0 Å². The number of ether oxygens (including phenoxy) is 3. The number of benzene rings is 1. The summed E-state index contributed by atoms with van der Waals surface area (Å²) in [5.41, 5.74) is 1.52. The van der Waals surface area contributed by atoms with Crippen molar-refractivity contribution in [1.82, 2.24) is 14.7 Å². The van der Waals surface area contributed by atoms with Gasteiger partial charge >= 0.3 is 12.3 Å². The highest BCUT2D eigenvalue weighted by atomic mass is 32.2. The quantitative estimate of drug-likeness (QED) is 0.435. The lowest BCUT2D eigenvalue weighted by Gasteiger charge is -2.43. The molecule has 1 atom stereocenters. The fourth-order valence-electron chi connectivity index (χ4n) is 5.15. The first-order chi connectivity index (χ1) is 20.4. The van der Waals surface area contributed by atoms with E-state index in [9.17, 15) is 31.2 Å². The Bertz CT molecular complexity index is 1140. The normalized spacial score (nSPS) is 21.7. The Labute approximate surface area is 251 Å². The minimum Gasteiger partial charge on any atom is -0.490 e. The number of nitrogens with zero attached hydrogens (tertiary/aromatic N) is 2. The molecule has 3 aliphatic heterocycles. The van der Waals surface area contributed by atoms with Gasteiger partial charge in [-0.2, -0.15) is 13.2 Å². The van der Waals surface area contributed by atoms with E-state index in [4.69, 9.17) is 19.0 Å². The Kier molecular flexibility index (Phi) is 12.5. The summed E-state index contributed by atoms with van der Waals surface area (Å²) in [7, 11) is -3.01. The lowest BCUT2D eigenvalue weighted by molar-refractivity contribution is -0.202. The monoisotopic (exact) mass is 637 g/mol. The predicted molar refractivity (Wildman–Crippen MR) is 150 cm³/mol. The Balaban J connectivity index is 0.00000162. The molecule has 0 radical (unpaired) electrons. The van der Waals surface area contributed by atoms with E-state index >= 15 is 0 Å². The van der Waals surface area contributed by atoms with E-state index in [1.807, 2.05) is 0 Å². The molecule has 244 valence electrons. The van der Waals surface area contributed by atoms with Gasteiger partial charge in [0, 0.05) is 39.2 Å². The summed E-state index contributed by atoms with van der Waals surface area (Å²) < 4.78 is 81.8. The molecular weight excluding hydrogens is 595 g/mol. The van der Waals surface area contributed by atoms with E-state index in [-0.39, 0.29) is 57.6 Å². The van der Waals surface area contributed by atoms with Crippen molar-refractivity contribution < 1.29 is 50.2 Å². The van der Waals surface area contributed by atoms with Gasteiger partial charge in [-0.25, -0.2) is 27.8 Å². The maximum atomic E-state index is 14.0. The van der Waals surface area contributed by atoms with Crippen molar-refractivity contribution in [2.75, 3.05) is 39.9 Å². The number of hydrogen-bond acceptors (Lipinski definition) is 8. The summed E-state index contributed by atoms with van der Waals surface area (Å²) in [5, 5.41) is 0. The van der Waals surface area contributed by atoms with Gasteiger partial charge in [0.15, 0.2) is 11.0 Å². The van der Waals surface area contributed by atoms with Crippen LogP contribution in [0.25, 0.3) is 0 Å². The number of alkyl halides is 3. The van der Waals surface area contributed by atoms with Gasteiger partial charge in [0.25, 0.3) is 5.91 Å². The number of halogens is 3. The van der Waals surface area contributed by atoms with Gasteiger partial charge in [0.1, 0.15) is 11.9 Å². The molecule has 3 aliphatic rings. The number of sulfonamides is 1. The third-order valence-corrected chi connectivity index (χ3v) is 10.2. The molecule has 0 spiro atoms. The van der Waals surface area contributed by atoms with Gasteiger partial charge in [-0.05, 0) is 62.8 Å². The summed E-state index contributed by atoms with van der Waals surface area (Å²) >= 11 is 0. The van der Waals surface area contributed by atoms with E-state index in [1.165, 1.54) is 34.9 Å². The van der Waals surface area contributed by atoms with Crippen LogP contribution < -0.4 is 10.2 Å². The topological polar surface area (TPSA) is 124 Å². The Morgan fingerprint density at radius 2 is 1.63 bits per heavy atom. The third-order valence-electron chi connectivity index (χ3n) is 7.56. The Morgan fingerprint density at radius 1 is 1.02 bits per heavy atom. The van der Waals surface area contributed by atoms with Crippen LogP contribution in [0.1, 0.15) is 70.8 Å². The second-order valence-electron chi connectivity index (χ2n) is 10.7. The van der Waals surface area contributed by atoms with E-state index in [1.54, 1.807) is 0 Å². The van der Waals surface area contributed by atoms with Crippen LogP contribution in [-0.4, -0.2) is 86.7 Å². The van der Waals surface area contributed by atoms with Gasteiger partial charge in [0.2, 0.25) is 10.0 Å². The van der Waals surface area contributed by atoms with Gasteiger partial charge < -0.3 is 19.1 Å². The standard InChI is InChI=1S/C25H34F3N3O8S.C3H8/c1-36-23(33)30-15-11-24(12-16-30,22(32)29-39-21-4-2-3-17-37-21)40(34,35)31-13-9-20(10-14-31)38-19-7-5-18(6-8-19)25(26,27)28;1-3-2/h5-8,20-21H,2-4,9-17H2,1H3,(H,29,32);3H2,1-2H3. The molecule has 4 rings (SSSR count). The number of carbonyl (C=O) groups excluding carboxylic acids is 2. The highest BCUT2D eigenvalue weighted by Crippen LogP contribution is 2.36. The number of hydrogen-bond donors (Lipinski definition) is 1. The van der Waals surface area contributed by atoms with Crippen molar-refractivity contribution in [2.45, 2.75) is 88.5 Å². The molecule has 3 heterocycles. The van der Waals surface area contributed by atoms with Crippen LogP contribution in [0.5, 0.6) is 5.75 Å². The molecule has 1 unspecified atom stereocenters. The number of likely N-dealkylation sites (tertiary alicyclic amines) is 1. The molecule has 1 aromatic rings. The van der Waals surface area contributed by atoms with Crippen molar-refractivity contribution in [1.29, 1.82) is 0 Å². The molecule has 3 saturated heterocycles. The molecule has 2 amide bonds. The zero-order valence-electron chi connectivity index (χ0n) is 24.9. The number of carbonyl (C=O) groups is 2. The highest BCUT2D eigenvalue weighted by molar-refractivity contribution is 7.91. The van der Waals surface area contributed by atoms with Crippen molar-refractivity contribution in [3.8, 4) is 5.75 Å². The smallest absolute Gasteiger partial charge is 0.416 e. The number of methoxy groups -OCH3 is 1. The largest absolute Gasteiger partial charge is 0.490 e. The van der Waals surface area contributed by atoms with Crippen molar-refractivity contribution in [2.24, 2.45) is 0 Å². The number of piperidine rings is 2. The fourth-order valence-corrected chi connectivity index (χ4v) is 7.31. The molecule has 15 heteroatoms. The van der Waals surface area contributed by atoms with E-state index in [0.717, 1.165) is 25.0 Å². The summed E-state index contributed by atoms with van der Waals surface area (Å²) in [6, 6.07) is 4.32. The molecule has 3 fully saturated rings. The van der Waals surface area contributed by atoms with Crippen molar-refractivity contribution >= 4 is 22.0 Å². The first kappa shape index (κ1) is 34.9. The summed E-state index contributed by atoms with van der Waals surface area (Å²) in [6.07, 6.45) is -2.40. The third kappa shape index (κ3) is 8.73. The molecule has 43 heavy (non-hydrogen) atoms. The summed E-state index contributed by atoms with van der Waals surface area (Å²) in [4.78, 5) is 32.2. The average molecular weight is 638 g/mol. The fraction of sp³-hybridized carbons (Fsp3) is 0.714. The molecule has 1 N–H and O–H groups in total. The van der Waals surface area contributed by atoms with Gasteiger partial charge in [-0.1, -0.05) is 20.3 Å². The van der Waals surface area contributed by atoms with Gasteiger partial charge in [-0.3, -0.25) is 4.79 Å². The lowest BCUT2D eigenvalue weighted by Crippen LogP contribution is -2.63. The highest BCUT2D eigenvalue weighted by Gasteiger charge is 2.56. The summed E-state index contributed by atoms with van der Waals surface area (Å²) in [5.74, 6) is -0.572. The molecule has 0 aromatic heterocycles. The number of rotatable bonds is 7. The van der Waals surface area contributed by atoms with Crippen molar-refractivity contribution in [3.63, 3.8) is 0 Å². The van der Waals surface area contributed by atoms with Gasteiger partial charge in [-0.15, -0.1) is 0 Å². The zero-order chi connectivity index (χ0) is 31.7. The molecule has 0 saturated carbocycles. The summed E-state index contributed by atoms with van der Waals surface area (Å²) in [6.45, 7) is 4.81. The number of hydroxylamine groups is 1. The lowest BCUT2D eigenvalue weighted by atomic mass is 9.95. The Hall–Kier alpha value is -2.62. The van der Waals surface area contributed by atoms with Gasteiger partial charge in [0.05, 0.1) is 12.7 Å². The van der Waals surface area contributed by atoms with E-state index in [2.05, 4.69) is 19.3 Å². The van der Waals surface area contributed by atoms with Crippen LogP contribution in [0.2, 0.25) is 0 Å². The SMILES string of the molecule is CCC.COC(=O)N1CCC(C(=O)NOC2CCCCO2)(S(=O)(=O)N2CCC(Oc3ccc(C(F)(F)F)cc3)CC2)CC1. The maximum Gasteiger partial charge on any atom is 0.416 e. The molecule has 1 aromatic carbocycles. The number of nitrogens with one attached hydrogen (secondary N) is 1. The molecular formula is C28H42F3N3O8S. The van der Waals surface area contributed by atoms with Crippen LogP contribution in [0.4, 0.5) is 18.0 Å². The second kappa shape index (κ2) is 15.4. The minimum absolute atomic E-state index is 0.00719. The molecule has 0 aliphatic carbocycles. The van der Waals surface area contributed by atoms with Crippen LogP contribution >= 0.6 is 0 Å². The molecule has 11 nitrogen and oxygen atoms in total. The van der Waals surface area contributed by atoms with Crippen molar-refractivity contribution in [3.05, 3.63) is 29.8 Å². The Morgan fingerprint density at radius 3 is 2.14 bits per heavy atom. The van der Waals surface area contributed by atoms with Crippen LogP contribution in [-0.2, 0) is 35.3 Å². The van der Waals surface area contributed by atoms with Crippen LogP contribution in [0.3, 0.4) is 0 Å². The molecule has 0 bridgehead atoms. The van der Waals surface area contributed by atoms with E-state index < -0.39 is 50.9 Å². The first-order valence-electron chi connectivity index (χ1n) is 14.6.